The number of hydrogen-bond donors (Lipinski definition) is 2. The minimum atomic E-state index is -0.434. The van der Waals surface area contributed by atoms with E-state index < -0.39 is 5.69 Å². The fourth-order valence-corrected chi connectivity index (χ4v) is 2.76. The van der Waals surface area contributed by atoms with Crippen molar-refractivity contribution in [1.82, 2.24) is 15.0 Å². The molecule has 2 N–H and O–H groups in total. The van der Waals surface area contributed by atoms with E-state index in [1.54, 1.807) is 6.20 Å². The molecular formula is C21H16N4O. The van der Waals surface area contributed by atoms with Gasteiger partial charge in [-0.2, -0.15) is 4.98 Å². The zero-order valence-electron chi connectivity index (χ0n) is 13.9. The molecule has 5 heteroatoms. The highest BCUT2D eigenvalue weighted by Gasteiger charge is 2.07. The average molecular weight is 340 g/mol. The first-order valence-electron chi connectivity index (χ1n) is 8.30. The minimum absolute atomic E-state index is 0.413. The van der Waals surface area contributed by atoms with Gasteiger partial charge in [0.2, 0.25) is 0 Å². The van der Waals surface area contributed by atoms with Crippen molar-refractivity contribution >= 4 is 28.1 Å². The molecule has 0 saturated carbocycles. The van der Waals surface area contributed by atoms with Gasteiger partial charge in [0.1, 0.15) is 5.82 Å². The van der Waals surface area contributed by atoms with Gasteiger partial charge in [0, 0.05) is 11.9 Å². The summed E-state index contributed by atoms with van der Waals surface area (Å²) in [6.45, 7) is 0. The van der Waals surface area contributed by atoms with Crippen LogP contribution in [0.25, 0.3) is 16.6 Å². The molecule has 2 aromatic heterocycles. The number of rotatable bonds is 3. The van der Waals surface area contributed by atoms with Gasteiger partial charge in [-0.15, -0.1) is 5.73 Å². The first-order valence-corrected chi connectivity index (χ1v) is 8.30. The summed E-state index contributed by atoms with van der Waals surface area (Å²) in [7, 11) is 0. The zero-order chi connectivity index (χ0) is 17.8. The molecule has 26 heavy (non-hydrogen) atoms. The third-order valence-electron chi connectivity index (χ3n) is 3.98. The average Bonchev–Trinajstić information content (AvgIpc) is 2.61. The van der Waals surface area contributed by atoms with Gasteiger partial charge in [-0.3, -0.25) is 4.98 Å². The highest BCUT2D eigenvalue weighted by Crippen LogP contribution is 2.24. The maximum absolute atomic E-state index is 11.8. The molecule has 0 atom stereocenters. The Hall–Kier alpha value is -3.69. The SMILES string of the molecule is O=c1nc2ncccc2c(Nc2cccc(C3=CC=CCC=C=C3)c2)[nH]1. The predicted molar refractivity (Wildman–Crippen MR) is 104 cm³/mol. The molecule has 0 bridgehead atoms. The van der Waals surface area contributed by atoms with Crippen LogP contribution in [0.4, 0.5) is 11.5 Å². The summed E-state index contributed by atoms with van der Waals surface area (Å²) < 4.78 is 0. The standard InChI is InChI=1S/C21H16N4O/c26-21-24-19-18(12-7-13-22-19)20(25-21)23-17-11-6-10-16(14-17)15-8-4-2-1-3-5-9-15/h2-4,6-14H,1H2,(H2,22,23,24,25,26). The van der Waals surface area contributed by atoms with Crippen molar-refractivity contribution in [3.8, 4) is 0 Å². The second kappa shape index (κ2) is 7.05. The number of aromatic amines is 1. The zero-order valence-corrected chi connectivity index (χ0v) is 13.9. The Bertz CT molecular complexity index is 1150. The Kier molecular flexibility index (Phi) is 4.29. The molecular weight excluding hydrogens is 324 g/mol. The van der Waals surface area contributed by atoms with Crippen molar-refractivity contribution in [3.05, 3.63) is 94.8 Å². The number of anilines is 2. The third kappa shape index (κ3) is 3.38. The number of allylic oxidation sites excluding steroid dienone is 5. The fraction of sp³-hybridized carbons (Fsp3) is 0.0476. The Balaban J connectivity index is 1.73. The quantitative estimate of drug-likeness (QED) is 0.704. The number of aromatic nitrogens is 3. The monoisotopic (exact) mass is 340 g/mol. The normalized spacial score (nSPS) is 13.3. The molecule has 3 aromatic rings. The number of H-pyrrole nitrogens is 1. The largest absolute Gasteiger partial charge is 0.348 e. The van der Waals surface area contributed by atoms with E-state index in [0.29, 0.717) is 11.5 Å². The topological polar surface area (TPSA) is 70.7 Å². The van der Waals surface area contributed by atoms with Crippen LogP contribution in [0.15, 0.2) is 83.5 Å². The molecule has 0 radical (unpaired) electrons. The van der Waals surface area contributed by atoms with Crippen LogP contribution in [-0.2, 0) is 0 Å². The van der Waals surface area contributed by atoms with Crippen LogP contribution in [-0.4, -0.2) is 15.0 Å². The van der Waals surface area contributed by atoms with Gasteiger partial charge in [0.05, 0.1) is 5.39 Å². The van der Waals surface area contributed by atoms with Crippen molar-refractivity contribution in [2.45, 2.75) is 6.42 Å². The molecule has 1 aliphatic rings. The van der Waals surface area contributed by atoms with Crippen LogP contribution >= 0.6 is 0 Å². The van der Waals surface area contributed by atoms with Crippen LogP contribution in [0.5, 0.6) is 0 Å². The lowest BCUT2D eigenvalue weighted by molar-refractivity contribution is 1.10. The summed E-state index contributed by atoms with van der Waals surface area (Å²) in [5.74, 6) is 0.576. The summed E-state index contributed by atoms with van der Waals surface area (Å²) in [5.41, 5.74) is 6.14. The molecule has 0 saturated heterocycles. The van der Waals surface area contributed by atoms with E-state index in [1.165, 1.54) is 0 Å². The summed E-state index contributed by atoms with van der Waals surface area (Å²) >= 11 is 0. The summed E-state index contributed by atoms with van der Waals surface area (Å²) in [5, 5.41) is 4.03. The second-order valence-electron chi connectivity index (χ2n) is 5.80. The highest BCUT2D eigenvalue weighted by atomic mass is 16.1. The molecule has 2 heterocycles. The van der Waals surface area contributed by atoms with Gasteiger partial charge < -0.3 is 5.32 Å². The van der Waals surface area contributed by atoms with Gasteiger partial charge >= 0.3 is 5.69 Å². The molecule has 0 fully saturated rings. The third-order valence-corrected chi connectivity index (χ3v) is 3.98. The Morgan fingerprint density at radius 1 is 1.19 bits per heavy atom. The van der Waals surface area contributed by atoms with Crippen LogP contribution in [0.3, 0.4) is 0 Å². The van der Waals surface area contributed by atoms with Crippen molar-refractivity contribution in [1.29, 1.82) is 0 Å². The van der Waals surface area contributed by atoms with Gasteiger partial charge in [-0.05, 0) is 54.0 Å². The number of hydrogen-bond acceptors (Lipinski definition) is 4. The van der Waals surface area contributed by atoms with E-state index >= 15 is 0 Å². The van der Waals surface area contributed by atoms with E-state index in [1.807, 2.05) is 54.6 Å². The van der Waals surface area contributed by atoms with Gasteiger partial charge in [0.25, 0.3) is 0 Å². The lowest BCUT2D eigenvalue weighted by atomic mass is 10.0. The van der Waals surface area contributed by atoms with E-state index in [0.717, 1.165) is 28.6 Å². The maximum atomic E-state index is 11.8. The van der Waals surface area contributed by atoms with E-state index in [9.17, 15) is 4.79 Å². The van der Waals surface area contributed by atoms with Gasteiger partial charge in [0.15, 0.2) is 5.65 Å². The maximum Gasteiger partial charge on any atom is 0.348 e. The van der Waals surface area contributed by atoms with Crippen molar-refractivity contribution in [2.75, 3.05) is 5.32 Å². The number of nitrogens with one attached hydrogen (secondary N) is 2. The molecule has 1 aliphatic carbocycles. The Morgan fingerprint density at radius 2 is 2.15 bits per heavy atom. The molecule has 5 nitrogen and oxygen atoms in total. The van der Waals surface area contributed by atoms with Crippen molar-refractivity contribution in [3.63, 3.8) is 0 Å². The van der Waals surface area contributed by atoms with Crippen LogP contribution in [0, 0.1) is 0 Å². The molecule has 0 aliphatic heterocycles. The van der Waals surface area contributed by atoms with Gasteiger partial charge in [-0.25, -0.2) is 9.78 Å². The Labute approximate surface area is 150 Å². The summed E-state index contributed by atoms with van der Waals surface area (Å²) in [6.07, 6.45) is 12.7. The fourth-order valence-electron chi connectivity index (χ4n) is 2.76. The summed E-state index contributed by atoms with van der Waals surface area (Å²) in [4.78, 5) is 22.6. The van der Waals surface area contributed by atoms with Crippen LogP contribution in [0.2, 0.25) is 0 Å². The number of benzene rings is 1. The van der Waals surface area contributed by atoms with Gasteiger partial charge in [-0.1, -0.05) is 30.4 Å². The predicted octanol–water partition coefficient (Wildman–Crippen LogP) is 4.12. The first kappa shape index (κ1) is 15.8. The van der Waals surface area contributed by atoms with Crippen molar-refractivity contribution < 1.29 is 0 Å². The molecule has 126 valence electrons. The molecule has 0 unspecified atom stereocenters. The highest BCUT2D eigenvalue weighted by molar-refractivity contribution is 5.88. The number of fused-ring (bicyclic) bond motifs is 1. The Morgan fingerprint density at radius 3 is 3.12 bits per heavy atom. The van der Waals surface area contributed by atoms with Crippen LogP contribution in [0.1, 0.15) is 12.0 Å². The van der Waals surface area contributed by atoms with E-state index in [-0.39, 0.29) is 0 Å². The number of nitrogens with zero attached hydrogens (tertiary/aromatic N) is 2. The summed E-state index contributed by atoms with van der Waals surface area (Å²) in [6, 6.07) is 11.7. The first-order chi connectivity index (χ1) is 12.8. The molecule has 0 amide bonds. The smallest absolute Gasteiger partial charge is 0.341 e. The lowest BCUT2D eigenvalue weighted by Gasteiger charge is -2.10. The lowest BCUT2D eigenvalue weighted by Crippen LogP contribution is -2.13. The number of pyridine rings is 1. The van der Waals surface area contributed by atoms with E-state index in [2.05, 4.69) is 38.2 Å². The molecule has 0 spiro atoms. The molecule has 1 aromatic carbocycles. The molecule has 4 rings (SSSR count). The van der Waals surface area contributed by atoms with Crippen LogP contribution < -0.4 is 11.0 Å². The van der Waals surface area contributed by atoms with Crippen molar-refractivity contribution in [2.24, 2.45) is 0 Å². The second-order valence-corrected chi connectivity index (χ2v) is 5.80. The minimum Gasteiger partial charge on any atom is -0.341 e. The van der Waals surface area contributed by atoms with E-state index in [4.69, 9.17) is 0 Å².